The van der Waals surface area contributed by atoms with Crippen molar-refractivity contribution in [3.63, 3.8) is 0 Å². The Labute approximate surface area is 141 Å². The highest BCUT2D eigenvalue weighted by Crippen LogP contribution is 2.26. The van der Waals surface area contributed by atoms with Crippen LogP contribution in [0.3, 0.4) is 0 Å². The molecular formula is C16H22ClN3O3. The minimum absolute atomic E-state index is 0.0968. The van der Waals surface area contributed by atoms with Crippen molar-refractivity contribution in [1.82, 2.24) is 15.1 Å². The van der Waals surface area contributed by atoms with Gasteiger partial charge in [-0.3, -0.25) is 4.79 Å². The molecule has 1 aromatic rings. The van der Waals surface area contributed by atoms with Gasteiger partial charge in [0.25, 0.3) is 0 Å². The van der Waals surface area contributed by atoms with Crippen molar-refractivity contribution < 1.29 is 14.3 Å². The summed E-state index contributed by atoms with van der Waals surface area (Å²) in [6.45, 7) is 2.73. The molecule has 0 aromatic heterocycles. The van der Waals surface area contributed by atoms with E-state index in [-0.39, 0.29) is 18.0 Å². The maximum absolute atomic E-state index is 12.2. The summed E-state index contributed by atoms with van der Waals surface area (Å²) in [6.07, 6.45) is 0.634. The third-order valence-corrected chi connectivity index (χ3v) is 4.03. The van der Waals surface area contributed by atoms with Crippen LogP contribution in [0.4, 0.5) is 4.79 Å². The Bertz CT molecular complexity index is 579. The Kier molecular flexibility index (Phi) is 5.71. The van der Waals surface area contributed by atoms with E-state index in [4.69, 9.17) is 16.3 Å². The van der Waals surface area contributed by atoms with Crippen molar-refractivity contribution in [2.45, 2.75) is 25.5 Å². The van der Waals surface area contributed by atoms with Gasteiger partial charge in [-0.25, -0.2) is 4.79 Å². The third-order valence-electron chi connectivity index (χ3n) is 3.71. The number of halogens is 1. The molecule has 0 aliphatic carbocycles. The third kappa shape index (κ3) is 4.51. The number of para-hydroxylation sites is 1. The van der Waals surface area contributed by atoms with E-state index in [1.807, 2.05) is 18.2 Å². The molecule has 0 radical (unpaired) electrons. The first-order chi connectivity index (χ1) is 10.9. The molecule has 1 fully saturated rings. The normalized spacial score (nSPS) is 18.4. The van der Waals surface area contributed by atoms with Crippen molar-refractivity contribution >= 4 is 23.5 Å². The lowest BCUT2D eigenvalue weighted by Crippen LogP contribution is -2.49. The van der Waals surface area contributed by atoms with Gasteiger partial charge in [-0.05, 0) is 19.1 Å². The molecule has 1 aromatic carbocycles. The maximum Gasteiger partial charge on any atom is 0.318 e. The van der Waals surface area contributed by atoms with Gasteiger partial charge in [-0.1, -0.05) is 23.7 Å². The highest BCUT2D eigenvalue weighted by atomic mass is 35.5. The predicted octanol–water partition coefficient (Wildman–Crippen LogP) is 1.98. The minimum atomic E-state index is -0.555. The summed E-state index contributed by atoms with van der Waals surface area (Å²) in [5.74, 6) is 0.485. The maximum atomic E-state index is 12.2. The van der Waals surface area contributed by atoms with E-state index in [1.54, 1.807) is 32.0 Å². The van der Waals surface area contributed by atoms with E-state index in [1.165, 1.54) is 4.90 Å². The van der Waals surface area contributed by atoms with Gasteiger partial charge < -0.3 is 19.9 Å². The number of nitrogens with one attached hydrogen (secondary N) is 1. The van der Waals surface area contributed by atoms with Crippen LogP contribution in [0.25, 0.3) is 0 Å². The van der Waals surface area contributed by atoms with Gasteiger partial charge in [0, 0.05) is 27.1 Å². The van der Waals surface area contributed by atoms with Crippen molar-refractivity contribution in [3.8, 4) is 5.75 Å². The van der Waals surface area contributed by atoms with Gasteiger partial charge >= 0.3 is 6.03 Å². The lowest BCUT2D eigenvalue weighted by molar-refractivity contribution is -0.130. The van der Waals surface area contributed by atoms with Crippen LogP contribution in [0.5, 0.6) is 5.75 Å². The van der Waals surface area contributed by atoms with Crippen LogP contribution < -0.4 is 10.1 Å². The Morgan fingerprint density at radius 3 is 2.74 bits per heavy atom. The zero-order valence-corrected chi connectivity index (χ0v) is 14.3. The topological polar surface area (TPSA) is 61.9 Å². The average molecular weight is 340 g/mol. The fourth-order valence-corrected chi connectivity index (χ4v) is 2.63. The number of amides is 3. The van der Waals surface area contributed by atoms with Crippen LogP contribution in [0, 0.1) is 0 Å². The largest absolute Gasteiger partial charge is 0.487 e. The Morgan fingerprint density at radius 2 is 2.09 bits per heavy atom. The number of benzene rings is 1. The van der Waals surface area contributed by atoms with Crippen LogP contribution >= 0.6 is 11.6 Å². The second-order valence-corrected chi connectivity index (χ2v) is 6.22. The number of ether oxygens (including phenoxy) is 1. The van der Waals surface area contributed by atoms with Gasteiger partial charge in [0.1, 0.15) is 17.9 Å². The van der Waals surface area contributed by atoms with Crippen LogP contribution in [0.15, 0.2) is 24.3 Å². The number of carbonyl (C=O) groups excluding carboxylic acids is 2. The molecule has 0 bridgehead atoms. The second-order valence-electron chi connectivity index (χ2n) is 5.81. The lowest BCUT2D eigenvalue weighted by Gasteiger charge is -2.22. The van der Waals surface area contributed by atoms with Crippen molar-refractivity contribution in [1.29, 1.82) is 0 Å². The number of rotatable bonds is 4. The molecule has 1 saturated heterocycles. The molecule has 1 aliphatic rings. The van der Waals surface area contributed by atoms with Crippen LogP contribution in [0.1, 0.15) is 13.3 Å². The quantitative estimate of drug-likeness (QED) is 0.912. The summed E-state index contributed by atoms with van der Waals surface area (Å²) in [5.41, 5.74) is 0. The molecule has 6 nitrogen and oxygen atoms in total. The number of urea groups is 1. The molecule has 1 unspecified atom stereocenters. The van der Waals surface area contributed by atoms with E-state index in [0.29, 0.717) is 23.9 Å². The fraction of sp³-hybridized carbons (Fsp3) is 0.500. The number of likely N-dealkylation sites (N-methyl/N-ethyl adjacent to an activating group) is 1. The smallest absolute Gasteiger partial charge is 0.318 e. The number of likely N-dealkylation sites (tertiary alicyclic amines) is 1. The second kappa shape index (κ2) is 7.55. The van der Waals surface area contributed by atoms with Crippen molar-refractivity contribution in [2.24, 2.45) is 0 Å². The summed E-state index contributed by atoms with van der Waals surface area (Å²) in [4.78, 5) is 27.1. The number of carbonyl (C=O) groups is 2. The molecule has 0 saturated carbocycles. The Morgan fingerprint density at radius 1 is 1.39 bits per heavy atom. The number of nitrogens with zero attached hydrogens (tertiary/aromatic N) is 2. The SMILES string of the molecule is C[C@H](NC(=O)N1CCC(Oc2ccccc2Cl)C1)C(=O)N(C)C. The molecule has 0 spiro atoms. The Hall–Kier alpha value is -1.95. The summed E-state index contributed by atoms with van der Waals surface area (Å²) < 4.78 is 5.85. The monoisotopic (exact) mass is 339 g/mol. The van der Waals surface area contributed by atoms with E-state index >= 15 is 0 Å². The standard InChI is InChI=1S/C16H22ClN3O3/c1-11(15(21)19(2)3)18-16(22)20-9-8-12(10-20)23-14-7-5-4-6-13(14)17/h4-7,11-12H,8-10H2,1-3H3,(H,18,22)/t11-,12?/m0/s1. The molecule has 1 heterocycles. The van der Waals surface area contributed by atoms with Gasteiger partial charge in [0.2, 0.25) is 5.91 Å². The molecule has 3 amide bonds. The van der Waals surface area contributed by atoms with Crippen LogP contribution in [-0.2, 0) is 4.79 Å². The number of hydrogen-bond donors (Lipinski definition) is 1. The predicted molar refractivity (Wildman–Crippen MR) is 88.7 cm³/mol. The molecule has 7 heteroatoms. The van der Waals surface area contributed by atoms with Gasteiger partial charge in [0.05, 0.1) is 11.6 Å². The lowest BCUT2D eigenvalue weighted by atomic mass is 10.3. The van der Waals surface area contributed by atoms with Crippen molar-refractivity contribution in [3.05, 3.63) is 29.3 Å². The Balaban J connectivity index is 1.86. The molecule has 2 atom stereocenters. The van der Waals surface area contributed by atoms with E-state index < -0.39 is 6.04 Å². The van der Waals surface area contributed by atoms with Crippen LogP contribution in [0.2, 0.25) is 5.02 Å². The highest BCUT2D eigenvalue weighted by Gasteiger charge is 2.29. The molecule has 2 rings (SSSR count). The first kappa shape index (κ1) is 17.4. The summed E-state index contributed by atoms with van der Waals surface area (Å²) >= 11 is 6.07. The van der Waals surface area contributed by atoms with E-state index in [2.05, 4.69) is 5.32 Å². The molecular weight excluding hydrogens is 318 g/mol. The minimum Gasteiger partial charge on any atom is -0.487 e. The molecule has 126 valence electrons. The van der Waals surface area contributed by atoms with Gasteiger partial charge in [0.15, 0.2) is 0 Å². The first-order valence-electron chi connectivity index (χ1n) is 7.56. The first-order valence-corrected chi connectivity index (χ1v) is 7.94. The molecule has 1 aliphatic heterocycles. The van der Waals surface area contributed by atoms with Gasteiger partial charge in [-0.15, -0.1) is 0 Å². The zero-order chi connectivity index (χ0) is 17.0. The summed E-state index contributed by atoms with van der Waals surface area (Å²) in [7, 11) is 3.32. The van der Waals surface area contributed by atoms with Gasteiger partial charge in [-0.2, -0.15) is 0 Å². The number of hydrogen-bond acceptors (Lipinski definition) is 3. The molecule has 23 heavy (non-hydrogen) atoms. The zero-order valence-electron chi connectivity index (χ0n) is 13.6. The molecule has 1 N–H and O–H groups in total. The highest BCUT2D eigenvalue weighted by molar-refractivity contribution is 6.32. The summed E-state index contributed by atoms with van der Waals surface area (Å²) in [6, 6.07) is 6.47. The summed E-state index contributed by atoms with van der Waals surface area (Å²) in [5, 5.41) is 3.27. The van der Waals surface area contributed by atoms with E-state index in [0.717, 1.165) is 6.42 Å². The fourth-order valence-electron chi connectivity index (χ4n) is 2.45. The average Bonchev–Trinajstić information content (AvgIpc) is 2.97. The van der Waals surface area contributed by atoms with E-state index in [9.17, 15) is 9.59 Å². The van der Waals surface area contributed by atoms with Crippen molar-refractivity contribution in [2.75, 3.05) is 27.2 Å². The van der Waals surface area contributed by atoms with Crippen LogP contribution in [-0.4, -0.2) is 61.1 Å².